The number of nitrogens with zero attached hydrogens (tertiary/aromatic N) is 2. The molecule has 2 unspecified atom stereocenters. The summed E-state index contributed by atoms with van der Waals surface area (Å²) in [5.41, 5.74) is 3.02. The third-order valence-electron chi connectivity index (χ3n) is 7.14. The third kappa shape index (κ3) is 2.69. The van der Waals surface area contributed by atoms with E-state index in [1.54, 1.807) is 13.2 Å². The van der Waals surface area contributed by atoms with Crippen molar-refractivity contribution < 1.29 is 14.7 Å². The first-order valence-corrected chi connectivity index (χ1v) is 9.97. The van der Waals surface area contributed by atoms with Gasteiger partial charge in [-0.1, -0.05) is 12.2 Å². The van der Waals surface area contributed by atoms with Crippen molar-refractivity contribution in [2.75, 3.05) is 19.5 Å². The highest BCUT2D eigenvalue weighted by molar-refractivity contribution is 6.01. The fourth-order valence-electron chi connectivity index (χ4n) is 6.15. The van der Waals surface area contributed by atoms with E-state index in [1.807, 2.05) is 0 Å². The number of amides is 1. The second-order valence-corrected chi connectivity index (χ2v) is 8.86. The number of carbonyl (C=O) groups is 1. The number of pyridine rings is 1. The molecule has 144 valence electrons. The quantitative estimate of drug-likeness (QED) is 0.798. The van der Waals surface area contributed by atoms with Gasteiger partial charge in [0.25, 0.3) is 5.91 Å². The van der Waals surface area contributed by atoms with Crippen LogP contribution in [0.5, 0.6) is 0 Å². The zero-order valence-electron chi connectivity index (χ0n) is 15.9. The van der Waals surface area contributed by atoms with Crippen LogP contribution in [0.4, 0.5) is 5.69 Å². The van der Waals surface area contributed by atoms with E-state index in [0.717, 1.165) is 42.6 Å². The highest BCUT2D eigenvalue weighted by Gasteiger charge is 2.54. The Morgan fingerprint density at radius 1 is 1.33 bits per heavy atom. The van der Waals surface area contributed by atoms with E-state index in [1.165, 1.54) is 25.0 Å². The Labute approximate surface area is 159 Å². The van der Waals surface area contributed by atoms with Crippen LogP contribution in [0.2, 0.25) is 0 Å². The molecular weight excluding hydrogens is 342 g/mol. The van der Waals surface area contributed by atoms with Crippen molar-refractivity contribution >= 4 is 17.7 Å². The Morgan fingerprint density at radius 3 is 2.74 bits per heavy atom. The normalized spacial score (nSPS) is 35.4. The summed E-state index contributed by atoms with van der Waals surface area (Å²) in [4.78, 5) is 22.5. The maximum atomic E-state index is 12.9. The minimum absolute atomic E-state index is 0.196. The summed E-state index contributed by atoms with van der Waals surface area (Å²) in [6.07, 6.45) is 11.7. The van der Waals surface area contributed by atoms with Gasteiger partial charge in [-0.15, -0.1) is 0 Å². The molecular formula is C21H27N3O3. The van der Waals surface area contributed by atoms with E-state index in [-0.39, 0.29) is 5.91 Å². The zero-order chi connectivity index (χ0) is 18.8. The number of anilines is 1. The van der Waals surface area contributed by atoms with Crippen molar-refractivity contribution in [2.24, 2.45) is 17.8 Å². The van der Waals surface area contributed by atoms with Crippen LogP contribution < -0.4 is 5.32 Å². The number of aliphatic hydroxyl groups is 1. The largest absolute Gasteiger partial charge is 0.390 e. The van der Waals surface area contributed by atoms with Gasteiger partial charge in [0.15, 0.2) is 0 Å². The standard InChI is InChI=1S/C21H27N3O3/c1-24(27-2)20(25)16-11-22-17-5-3-4-15(17)19(16)23-18-13-6-12-7-14(18)10-21(26,8-12)9-13/h3-4,11-14,18,26H,5-10H2,1-2H3,(H,22,23). The average Bonchev–Trinajstić information content (AvgIpc) is 3.11. The molecule has 4 saturated carbocycles. The molecule has 6 heteroatoms. The Kier molecular flexibility index (Phi) is 3.85. The van der Waals surface area contributed by atoms with Crippen molar-refractivity contribution in [3.63, 3.8) is 0 Å². The molecule has 0 aromatic carbocycles. The number of aromatic nitrogens is 1. The van der Waals surface area contributed by atoms with Crippen molar-refractivity contribution in [3.05, 3.63) is 29.1 Å². The summed E-state index contributed by atoms with van der Waals surface area (Å²) in [7, 11) is 3.11. The second kappa shape index (κ2) is 6.04. The van der Waals surface area contributed by atoms with Gasteiger partial charge >= 0.3 is 0 Å². The summed E-state index contributed by atoms with van der Waals surface area (Å²) in [6, 6.07) is 0.307. The van der Waals surface area contributed by atoms with Crippen LogP contribution in [-0.4, -0.2) is 46.9 Å². The van der Waals surface area contributed by atoms with E-state index in [2.05, 4.69) is 22.5 Å². The van der Waals surface area contributed by atoms with E-state index in [9.17, 15) is 9.90 Å². The Morgan fingerprint density at radius 2 is 2.07 bits per heavy atom. The molecule has 1 aromatic heterocycles. The van der Waals surface area contributed by atoms with Crippen molar-refractivity contribution in [2.45, 2.75) is 50.2 Å². The molecule has 6 rings (SSSR count). The molecule has 0 aliphatic heterocycles. The minimum Gasteiger partial charge on any atom is -0.390 e. The van der Waals surface area contributed by atoms with Crippen molar-refractivity contribution in [1.82, 2.24) is 10.0 Å². The summed E-state index contributed by atoms with van der Waals surface area (Å²) in [6.45, 7) is 0. The topological polar surface area (TPSA) is 74.7 Å². The number of hydrogen-bond donors (Lipinski definition) is 2. The maximum Gasteiger partial charge on any atom is 0.280 e. The lowest BCUT2D eigenvalue weighted by atomic mass is 9.52. The number of hydrogen-bond acceptors (Lipinski definition) is 5. The Bertz CT molecular complexity index is 805. The molecule has 2 atom stereocenters. The molecule has 4 bridgehead atoms. The van der Waals surface area contributed by atoms with E-state index in [4.69, 9.17) is 4.84 Å². The van der Waals surface area contributed by atoms with Crippen LogP contribution in [0.25, 0.3) is 6.08 Å². The Balaban J connectivity index is 1.51. The second-order valence-electron chi connectivity index (χ2n) is 8.86. The number of nitrogens with one attached hydrogen (secondary N) is 1. The lowest BCUT2D eigenvalue weighted by Crippen LogP contribution is -2.59. The van der Waals surface area contributed by atoms with Gasteiger partial charge in [0, 0.05) is 31.3 Å². The molecule has 1 amide bonds. The predicted octanol–water partition coefficient (Wildman–Crippen LogP) is 2.64. The first-order valence-electron chi connectivity index (χ1n) is 9.97. The van der Waals surface area contributed by atoms with Gasteiger partial charge in [-0.2, -0.15) is 0 Å². The zero-order valence-corrected chi connectivity index (χ0v) is 15.9. The molecule has 2 N–H and O–H groups in total. The van der Waals surface area contributed by atoms with Crippen LogP contribution in [-0.2, 0) is 11.3 Å². The summed E-state index contributed by atoms with van der Waals surface area (Å²) in [5, 5.41) is 15.9. The van der Waals surface area contributed by atoms with Crippen molar-refractivity contribution in [1.29, 1.82) is 0 Å². The third-order valence-corrected chi connectivity index (χ3v) is 7.14. The first-order chi connectivity index (χ1) is 13.0. The lowest BCUT2D eigenvalue weighted by Gasteiger charge is -2.58. The molecule has 1 aromatic rings. The molecule has 0 saturated heterocycles. The summed E-state index contributed by atoms with van der Waals surface area (Å²) < 4.78 is 0. The monoisotopic (exact) mass is 369 g/mol. The van der Waals surface area contributed by atoms with Gasteiger partial charge in [-0.3, -0.25) is 14.6 Å². The van der Waals surface area contributed by atoms with Gasteiger partial charge < -0.3 is 10.4 Å². The molecule has 4 fully saturated rings. The highest BCUT2D eigenvalue weighted by atomic mass is 16.7. The Hall–Kier alpha value is -1.92. The highest BCUT2D eigenvalue weighted by Crippen LogP contribution is 2.56. The molecule has 27 heavy (non-hydrogen) atoms. The molecule has 5 aliphatic rings. The number of fused-ring (bicyclic) bond motifs is 1. The van der Waals surface area contributed by atoms with Gasteiger partial charge in [0.1, 0.15) is 0 Å². The smallest absolute Gasteiger partial charge is 0.280 e. The molecule has 6 nitrogen and oxygen atoms in total. The molecule has 0 radical (unpaired) electrons. The van der Waals surface area contributed by atoms with E-state index in [0.29, 0.717) is 29.4 Å². The average molecular weight is 369 g/mol. The van der Waals surface area contributed by atoms with Gasteiger partial charge in [-0.25, -0.2) is 5.06 Å². The minimum atomic E-state index is -0.455. The maximum absolute atomic E-state index is 12.9. The molecule has 5 aliphatic carbocycles. The summed E-state index contributed by atoms with van der Waals surface area (Å²) >= 11 is 0. The first kappa shape index (κ1) is 17.2. The number of hydroxylamine groups is 2. The van der Waals surface area contributed by atoms with E-state index < -0.39 is 5.60 Å². The number of rotatable bonds is 4. The fraction of sp³-hybridized carbons (Fsp3) is 0.619. The summed E-state index contributed by atoms with van der Waals surface area (Å²) in [5.74, 6) is 1.41. The van der Waals surface area contributed by atoms with E-state index >= 15 is 0 Å². The van der Waals surface area contributed by atoms with Crippen LogP contribution >= 0.6 is 0 Å². The number of allylic oxidation sites excluding steroid dienone is 1. The fourth-order valence-corrected chi connectivity index (χ4v) is 6.15. The lowest BCUT2D eigenvalue weighted by molar-refractivity contribution is -0.129. The molecule has 1 heterocycles. The van der Waals surface area contributed by atoms with Gasteiger partial charge in [0.2, 0.25) is 0 Å². The van der Waals surface area contributed by atoms with Crippen LogP contribution in [0.3, 0.4) is 0 Å². The van der Waals surface area contributed by atoms with Crippen LogP contribution in [0, 0.1) is 17.8 Å². The molecule has 0 spiro atoms. The van der Waals surface area contributed by atoms with Gasteiger partial charge in [0.05, 0.1) is 29.7 Å². The number of carbonyl (C=O) groups excluding carboxylic acids is 1. The van der Waals surface area contributed by atoms with Gasteiger partial charge in [-0.05, 0) is 49.9 Å². The van der Waals surface area contributed by atoms with Crippen molar-refractivity contribution in [3.8, 4) is 0 Å². The SMILES string of the molecule is CON(C)C(=O)c1cnc2c(c1NC1C3CC4CC1CC(O)(C4)C3)C=CC2. The van der Waals surface area contributed by atoms with Crippen LogP contribution in [0.1, 0.15) is 53.7 Å². The predicted molar refractivity (Wildman–Crippen MR) is 102 cm³/mol. The van der Waals surface area contributed by atoms with Crippen LogP contribution in [0.15, 0.2) is 12.3 Å².